The van der Waals surface area contributed by atoms with E-state index < -0.39 is 35.1 Å². The van der Waals surface area contributed by atoms with Crippen LogP contribution >= 0.6 is 0 Å². The van der Waals surface area contributed by atoms with Crippen molar-refractivity contribution in [2.24, 2.45) is 0 Å². The number of nitrogens with zero attached hydrogens (tertiary/aromatic N) is 2. The van der Waals surface area contributed by atoms with Crippen molar-refractivity contribution in [1.82, 2.24) is 26.1 Å². The number of rotatable bonds is 5. The van der Waals surface area contributed by atoms with Gasteiger partial charge in [0.2, 0.25) is 0 Å². The summed E-state index contributed by atoms with van der Waals surface area (Å²) < 4.78 is 38.6. The monoisotopic (exact) mass is 455 g/mol. The molecule has 2 aromatic carbocycles. The van der Waals surface area contributed by atoms with Crippen molar-refractivity contribution < 1.29 is 27.6 Å². The van der Waals surface area contributed by atoms with Gasteiger partial charge in [0.15, 0.2) is 5.54 Å². The molecule has 33 heavy (non-hydrogen) atoms. The summed E-state index contributed by atoms with van der Waals surface area (Å²) in [6.45, 7) is -0.330. The molecule has 1 unspecified atom stereocenters. The number of carbonyl (C=O) groups excluding carboxylic acids is 3. The number of hydrogen-bond acceptors (Lipinski definition) is 5. The number of nitrogens with one attached hydrogen (secondary N) is 3. The molecule has 11 heteroatoms. The Labute approximate surface area is 185 Å². The molecule has 8 nitrogen and oxygen atoms in total. The van der Waals surface area contributed by atoms with Crippen LogP contribution in [0.2, 0.25) is 0 Å². The Bertz CT molecular complexity index is 1220. The van der Waals surface area contributed by atoms with E-state index in [0.717, 1.165) is 12.1 Å². The van der Waals surface area contributed by atoms with Crippen molar-refractivity contribution in [3.05, 3.63) is 83.7 Å². The lowest BCUT2D eigenvalue weighted by molar-refractivity contribution is -0.137. The lowest BCUT2D eigenvalue weighted by atomic mass is 9.94. The third kappa shape index (κ3) is 4.25. The maximum Gasteiger partial charge on any atom is 0.416 e. The van der Waals surface area contributed by atoms with Crippen molar-refractivity contribution in [3.63, 3.8) is 0 Å². The number of aromatic nitrogens is 2. The number of imide groups is 1. The molecule has 168 valence electrons. The van der Waals surface area contributed by atoms with Gasteiger partial charge in [-0.15, -0.1) is 0 Å². The van der Waals surface area contributed by atoms with Crippen LogP contribution < -0.4 is 16.0 Å². The predicted molar refractivity (Wildman–Crippen MR) is 110 cm³/mol. The van der Waals surface area contributed by atoms with E-state index in [2.05, 4.69) is 26.1 Å². The average molecular weight is 455 g/mol. The molecule has 0 spiro atoms. The lowest BCUT2D eigenvalue weighted by Crippen LogP contribution is -2.53. The maximum absolute atomic E-state index is 13.0. The summed E-state index contributed by atoms with van der Waals surface area (Å²) in [5.74, 6) is -1.30. The van der Waals surface area contributed by atoms with Crippen LogP contribution in [0.5, 0.6) is 0 Å². The zero-order chi connectivity index (χ0) is 23.6. The van der Waals surface area contributed by atoms with E-state index in [-0.39, 0.29) is 17.8 Å². The van der Waals surface area contributed by atoms with E-state index in [4.69, 9.17) is 0 Å². The Morgan fingerprint density at radius 1 is 1.00 bits per heavy atom. The largest absolute Gasteiger partial charge is 0.416 e. The quantitative estimate of drug-likeness (QED) is 0.512. The van der Waals surface area contributed by atoms with Crippen LogP contribution in [0, 0.1) is 0 Å². The van der Waals surface area contributed by atoms with E-state index in [1.54, 1.807) is 18.2 Å². The molecule has 1 saturated heterocycles. The Morgan fingerprint density at radius 2 is 1.73 bits per heavy atom. The first-order valence-electron chi connectivity index (χ1n) is 9.67. The minimum atomic E-state index is -4.48. The van der Waals surface area contributed by atoms with Gasteiger partial charge in [-0.1, -0.05) is 30.3 Å². The summed E-state index contributed by atoms with van der Waals surface area (Å²) >= 11 is 0. The molecule has 1 aromatic heterocycles. The number of alkyl halides is 3. The minimum Gasteiger partial charge on any atom is -0.349 e. The molecular weight excluding hydrogens is 439 g/mol. The summed E-state index contributed by atoms with van der Waals surface area (Å²) in [6.07, 6.45) is -3.08. The molecule has 1 fully saturated rings. The summed E-state index contributed by atoms with van der Waals surface area (Å²) in [5, 5.41) is 14.8. The number of urea groups is 1. The first-order valence-corrected chi connectivity index (χ1v) is 9.67. The molecule has 1 atom stereocenters. The van der Waals surface area contributed by atoms with Gasteiger partial charge in [0.25, 0.3) is 11.8 Å². The molecule has 1 aliphatic heterocycles. The van der Waals surface area contributed by atoms with Crippen LogP contribution in [0.4, 0.5) is 18.0 Å². The molecular formula is C22H16F3N5O3. The number of halogens is 3. The Balaban J connectivity index is 1.61. The fourth-order valence-corrected chi connectivity index (χ4v) is 3.50. The van der Waals surface area contributed by atoms with Gasteiger partial charge in [-0.3, -0.25) is 14.9 Å². The molecule has 0 saturated carbocycles. The number of amides is 4. The van der Waals surface area contributed by atoms with Crippen molar-refractivity contribution in [2.45, 2.75) is 11.7 Å². The molecule has 1 aliphatic rings. The second-order valence-corrected chi connectivity index (χ2v) is 7.23. The molecule has 3 aromatic rings. The summed E-state index contributed by atoms with van der Waals surface area (Å²) in [7, 11) is 0. The van der Waals surface area contributed by atoms with Crippen molar-refractivity contribution in [2.75, 3.05) is 6.54 Å². The van der Waals surface area contributed by atoms with Crippen LogP contribution in [0.1, 0.15) is 21.6 Å². The highest BCUT2D eigenvalue weighted by Crippen LogP contribution is 2.32. The van der Waals surface area contributed by atoms with E-state index in [1.165, 1.54) is 36.5 Å². The van der Waals surface area contributed by atoms with Crippen LogP contribution in [0.25, 0.3) is 11.1 Å². The number of benzene rings is 2. The third-order valence-electron chi connectivity index (χ3n) is 5.16. The summed E-state index contributed by atoms with van der Waals surface area (Å²) in [4.78, 5) is 37.4. The standard InChI is InChI=1S/C22H16F3N5O3/c23-22(24,25)14-9-7-13(8-10-14)15-4-1-2-5-16(15)18(31)26-12-21(17-6-3-11-27-30-17)19(32)28-20(33)29-21/h1-11H,12H2,(H,26,31)(H2,28,29,32,33). The zero-order valence-electron chi connectivity index (χ0n) is 16.8. The topological polar surface area (TPSA) is 113 Å². The van der Waals surface area contributed by atoms with E-state index in [9.17, 15) is 27.6 Å². The van der Waals surface area contributed by atoms with Crippen molar-refractivity contribution >= 4 is 17.8 Å². The van der Waals surface area contributed by atoms with Gasteiger partial charge in [0.05, 0.1) is 12.1 Å². The Kier molecular flexibility index (Phi) is 5.54. The fourth-order valence-electron chi connectivity index (χ4n) is 3.50. The Morgan fingerprint density at radius 3 is 2.33 bits per heavy atom. The van der Waals surface area contributed by atoms with Gasteiger partial charge in [0, 0.05) is 11.8 Å². The van der Waals surface area contributed by atoms with Gasteiger partial charge in [0.1, 0.15) is 5.69 Å². The first-order chi connectivity index (χ1) is 15.7. The molecule has 3 N–H and O–H groups in total. The number of carbonyl (C=O) groups is 3. The SMILES string of the molecule is O=C1NC(=O)C(CNC(=O)c2ccccc2-c2ccc(C(F)(F)F)cc2)(c2cccnn2)N1. The molecule has 0 aliphatic carbocycles. The third-order valence-corrected chi connectivity index (χ3v) is 5.16. The van der Waals surface area contributed by atoms with Crippen LogP contribution in [0.3, 0.4) is 0 Å². The van der Waals surface area contributed by atoms with E-state index in [1.807, 2.05) is 0 Å². The normalized spacial score (nSPS) is 17.9. The van der Waals surface area contributed by atoms with Crippen LogP contribution in [-0.2, 0) is 16.5 Å². The van der Waals surface area contributed by atoms with Crippen molar-refractivity contribution in [1.29, 1.82) is 0 Å². The van der Waals surface area contributed by atoms with Gasteiger partial charge in [-0.05, 0) is 41.5 Å². The molecule has 4 amide bonds. The summed E-state index contributed by atoms with van der Waals surface area (Å²) in [6, 6.07) is 13.1. The van der Waals surface area contributed by atoms with Crippen LogP contribution in [-0.4, -0.2) is 34.6 Å². The number of hydrogen-bond donors (Lipinski definition) is 3. The van der Waals surface area contributed by atoms with E-state index >= 15 is 0 Å². The molecule has 4 rings (SSSR count). The average Bonchev–Trinajstić information content (AvgIpc) is 3.11. The highest BCUT2D eigenvalue weighted by Gasteiger charge is 2.49. The van der Waals surface area contributed by atoms with Gasteiger partial charge < -0.3 is 10.6 Å². The summed E-state index contributed by atoms with van der Waals surface area (Å²) in [5.41, 5.74) is -1.35. The minimum absolute atomic E-state index is 0.129. The zero-order valence-corrected chi connectivity index (χ0v) is 16.8. The highest BCUT2D eigenvalue weighted by molar-refractivity contribution is 6.08. The van der Waals surface area contributed by atoms with Crippen LogP contribution in [0.15, 0.2) is 66.9 Å². The second-order valence-electron chi connectivity index (χ2n) is 7.23. The molecule has 0 radical (unpaired) electrons. The van der Waals surface area contributed by atoms with Gasteiger partial charge in [-0.25, -0.2) is 4.79 Å². The van der Waals surface area contributed by atoms with E-state index in [0.29, 0.717) is 11.1 Å². The Hall–Kier alpha value is -4.28. The highest BCUT2D eigenvalue weighted by atomic mass is 19.4. The second kappa shape index (κ2) is 8.34. The molecule has 0 bridgehead atoms. The van der Waals surface area contributed by atoms with Gasteiger partial charge >= 0.3 is 12.2 Å². The molecule has 2 heterocycles. The maximum atomic E-state index is 13.0. The van der Waals surface area contributed by atoms with Crippen molar-refractivity contribution in [3.8, 4) is 11.1 Å². The fraction of sp³-hybridized carbons (Fsp3) is 0.136. The predicted octanol–water partition coefficient (Wildman–Crippen LogP) is 2.63. The first kappa shape index (κ1) is 21.9. The lowest BCUT2D eigenvalue weighted by Gasteiger charge is -2.25. The smallest absolute Gasteiger partial charge is 0.349 e. The van der Waals surface area contributed by atoms with Gasteiger partial charge in [-0.2, -0.15) is 23.4 Å².